The second kappa shape index (κ2) is 17.5. The number of likely N-dealkylation sites (tertiary alicyclic amines) is 2. The predicted octanol–water partition coefficient (Wildman–Crippen LogP) is 3.70. The van der Waals surface area contributed by atoms with E-state index in [1.807, 2.05) is 59.4 Å². The number of aryl methyl sites for hydroxylation is 2. The summed E-state index contributed by atoms with van der Waals surface area (Å²) in [6.07, 6.45) is 7.55. The molecule has 5 aromatic rings. The zero-order valence-corrected chi connectivity index (χ0v) is 32.2. The fourth-order valence-electron chi connectivity index (χ4n) is 7.56. The molecule has 0 unspecified atom stereocenters. The number of nitrogens with zero attached hydrogens (tertiary/aromatic N) is 7. The molecule has 6 heterocycles. The van der Waals surface area contributed by atoms with Crippen LogP contribution in [0, 0.1) is 13.8 Å². The van der Waals surface area contributed by atoms with Gasteiger partial charge in [-0.2, -0.15) is 0 Å². The summed E-state index contributed by atoms with van der Waals surface area (Å²) in [6, 6.07) is 17.1. The Hall–Kier alpha value is -4.27. The van der Waals surface area contributed by atoms with E-state index in [0.717, 1.165) is 121 Å². The number of Topliss-reactive ketones (excluding diaryl/α,β-unsaturated/α-hetero) is 1. The second-order valence-electron chi connectivity index (χ2n) is 14.9. The highest BCUT2D eigenvalue weighted by molar-refractivity contribution is 8.00. The summed E-state index contributed by atoms with van der Waals surface area (Å²) in [5.74, 6) is 0.825. The number of hydrogen-bond donors (Lipinski definition) is 2. The van der Waals surface area contributed by atoms with E-state index in [1.54, 1.807) is 11.8 Å². The van der Waals surface area contributed by atoms with Gasteiger partial charge in [0.15, 0.2) is 0 Å². The molecule has 3 aliphatic heterocycles. The third kappa shape index (κ3) is 9.50. The van der Waals surface area contributed by atoms with Gasteiger partial charge in [-0.15, -0.1) is 11.8 Å². The molecule has 0 saturated carbocycles. The van der Waals surface area contributed by atoms with Crippen LogP contribution in [0.4, 0.5) is 0 Å². The third-order valence-corrected chi connectivity index (χ3v) is 12.0. The molecule has 13 heteroatoms. The van der Waals surface area contributed by atoms with Crippen LogP contribution < -0.4 is 22.2 Å². The Morgan fingerprint density at radius 3 is 1.87 bits per heavy atom. The number of ketones is 1. The molecule has 12 nitrogen and oxygen atoms in total. The van der Waals surface area contributed by atoms with Gasteiger partial charge in [0.1, 0.15) is 5.78 Å². The van der Waals surface area contributed by atoms with Gasteiger partial charge in [0, 0.05) is 49.7 Å². The Balaban J connectivity index is 0.000000184. The van der Waals surface area contributed by atoms with Crippen molar-refractivity contribution < 1.29 is 4.79 Å². The van der Waals surface area contributed by atoms with Crippen LogP contribution in [-0.2, 0) is 30.8 Å². The zero-order chi connectivity index (χ0) is 37.6. The van der Waals surface area contributed by atoms with Gasteiger partial charge >= 0.3 is 0 Å². The van der Waals surface area contributed by atoms with Crippen molar-refractivity contribution in [2.45, 2.75) is 82.6 Å². The Kier molecular flexibility index (Phi) is 12.3. The number of nitrogens with one attached hydrogen (secondary N) is 1. The standard InChI is InChI=1S/C25H29N5O2S.C16H22N4O/c1-17-2-4-21-23(12-17)30(25(32)15-27-21)11-10-29-8-6-18(7-9-29)26-14-19-3-5-24-22(28-19)13-20(31)16-33-24;1-12-2-3-14-15(10-12)20(16(21)11-18-14)9-8-19-6-4-13(17)5-7-19/h2-5,12,15,18,26H,6-11,13-14,16H2,1H3;2-3,10-11,13H,4-9,17H2,1H3. The Labute approximate surface area is 320 Å². The minimum Gasteiger partial charge on any atom is -0.328 e. The van der Waals surface area contributed by atoms with Crippen LogP contribution in [-0.4, -0.2) is 96.8 Å². The SMILES string of the molecule is Cc1ccc2ncc(=O)n(CCN3CCC(N)CC3)c2c1.Cc1ccc2ncc(=O)n(CCN3CCC(NCc4ccc5c(n4)CC(=O)CS5)CC3)c2c1. The van der Waals surface area contributed by atoms with Crippen LogP contribution in [0.25, 0.3) is 22.1 Å². The molecule has 0 radical (unpaired) electrons. The summed E-state index contributed by atoms with van der Waals surface area (Å²) in [4.78, 5) is 55.5. The lowest BCUT2D eigenvalue weighted by Crippen LogP contribution is -2.43. The van der Waals surface area contributed by atoms with E-state index in [2.05, 4.69) is 37.2 Å². The summed E-state index contributed by atoms with van der Waals surface area (Å²) >= 11 is 1.59. The lowest BCUT2D eigenvalue weighted by atomic mass is 10.0. The summed E-state index contributed by atoms with van der Waals surface area (Å²) in [5, 5.41) is 3.65. The fraction of sp³-hybridized carbons (Fsp3) is 0.463. The smallest absolute Gasteiger partial charge is 0.269 e. The third-order valence-electron chi connectivity index (χ3n) is 10.8. The lowest BCUT2D eigenvalue weighted by molar-refractivity contribution is -0.116. The Bertz CT molecular complexity index is 2220. The first-order chi connectivity index (χ1) is 26.2. The molecule has 0 atom stereocenters. The monoisotopic (exact) mass is 749 g/mol. The molecule has 2 saturated heterocycles. The van der Waals surface area contributed by atoms with Crippen LogP contribution >= 0.6 is 11.8 Å². The maximum Gasteiger partial charge on any atom is 0.269 e. The maximum absolute atomic E-state index is 12.4. The van der Waals surface area contributed by atoms with E-state index in [1.165, 1.54) is 12.4 Å². The number of thioether (sulfide) groups is 1. The van der Waals surface area contributed by atoms with E-state index in [4.69, 9.17) is 10.7 Å². The van der Waals surface area contributed by atoms with Crippen LogP contribution in [0.1, 0.15) is 48.2 Å². The molecule has 0 aliphatic carbocycles. The number of nitrogens with two attached hydrogens (primary N) is 1. The molecule has 2 fully saturated rings. The molecule has 0 bridgehead atoms. The highest BCUT2D eigenvalue weighted by Crippen LogP contribution is 2.27. The quantitative estimate of drug-likeness (QED) is 0.228. The number of rotatable bonds is 9. The van der Waals surface area contributed by atoms with Gasteiger partial charge in [-0.25, -0.2) is 9.97 Å². The first-order valence-corrected chi connectivity index (χ1v) is 20.2. The van der Waals surface area contributed by atoms with Gasteiger partial charge in [-0.1, -0.05) is 12.1 Å². The van der Waals surface area contributed by atoms with Gasteiger partial charge in [0.25, 0.3) is 11.1 Å². The van der Waals surface area contributed by atoms with Crippen molar-refractivity contribution in [2.24, 2.45) is 5.73 Å². The van der Waals surface area contributed by atoms with Gasteiger partial charge in [-0.3, -0.25) is 19.4 Å². The number of piperidine rings is 2. The summed E-state index contributed by atoms with van der Waals surface area (Å²) in [5.41, 5.74) is 13.7. The molecule has 284 valence electrons. The van der Waals surface area contributed by atoms with Gasteiger partial charge < -0.3 is 30.0 Å². The largest absolute Gasteiger partial charge is 0.328 e. The number of hydrogen-bond acceptors (Lipinski definition) is 11. The van der Waals surface area contributed by atoms with Gasteiger partial charge in [-0.05, 0) is 113 Å². The molecule has 54 heavy (non-hydrogen) atoms. The predicted molar refractivity (Wildman–Crippen MR) is 215 cm³/mol. The first kappa shape index (κ1) is 38.0. The highest BCUT2D eigenvalue weighted by atomic mass is 32.2. The Morgan fingerprint density at radius 2 is 1.30 bits per heavy atom. The van der Waals surface area contributed by atoms with E-state index in [9.17, 15) is 14.4 Å². The van der Waals surface area contributed by atoms with E-state index in [-0.39, 0.29) is 16.9 Å². The number of carbonyl (C=O) groups excluding carboxylic acids is 1. The summed E-state index contributed by atoms with van der Waals surface area (Å²) in [7, 11) is 0. The molecular formula is C41H51N9O3S. The minimum atomic E-state index is -0.0395. The average Bonchev–Trinajstić information content (AvgIpc) is 3.17. The normalized spacial score (nSPS) is 17.4. The van der Waals surface area contributed by atoms with Crippen molar-refractivity contribution in [2.75, 3.05) is 45.0 Å². The maximum atomic E-state index is 12.4. The van der Waals surface area contributed by atoms with Crippen molar-refractivity contribution in [3.63, 3.8) is 0 Å². The molecule has 0 amide bonds. The van der Waals surface area contributed by atoms with Crippen molar-refractivity contribution in [1.82, 2.24) is 39.2 Å². The summed E-state index contributed by atoms with van der Waals surface area (Å²) in [6.45, 7) is 12.0. The van der Waals surface area contributed by atoms with Crippen LogP contribution in [0.3, 0.4) is 0 Å². The number of fused-ring (bicyclic) bond motifs is 3. The first-order valence-electron chi connectivity index (χ1n) is 19.2. The van der Waals surface area contributed by atoms with Gasteiger partial charge in [0.05, 0.1) is 58.0 Å². The fourth-order valence-corrected chi connectivity index (χ4v) is 8.43. The number of carbonyl (C=O) groups is 1. The van der Waals surface area contributed by atoms with E-state index >= 15 is 0 Å². The van der Waals surface area contributed by atoms with Gasteiger partial charge in [0.2, 0.25) is 0 Å². The molecule has 8 rings (SSSR count). The topological polar surface area (TPSA) is 144 Å². The molecule has 3 N–H and O–H groups in total. The molecule has 0 spiro atoms. The second-order valence-corrected chi connectivity index (χ2v) is 15.9. The van der Waals surface area contributed by atoms with Crippen molar-refractivity contribution in [3.8, 4) is 0 Å². The van der Waals surface area contributed by atoms with Crippen molar-refractivity contribution in [3.05, 3.63) is 104 Å². The Morgan fingerprint density at radius 1 is 0.741 bits per heavy atom. The molecule has 2 aromatic carbocycles. The van der Waals surface area contributed by atoms with Crippen molar-refractivity contribution >= 4 is 39.6 Å². The van der Waals surface area contributed by atoms with Crippen LogP contribution in [0.2, 0.25) is 0 Å². The lowest BCUT2D eigenvalue weighted by Gasteiger charge is -2.32. The van der Waals surface area contributed by atoms with E-state index in [0.29, 0.717) is 37.3 Å². The number of pyridine rings is 1. The average molecular weight is 750 g/mol. The summed E-state index contributed by atoms with van der Waals surface area (Å²) < 4.78 is 3.69. The van der Waals surface area contributed by atoms with Crippen LogP contribution in [0.15, 0.2) is 75.4 Å². The molecule has 3 aliphatic rings. The number of benzene rings is 2. The highest BCUT2D eigenvalue weighted by Gasteiger charge is 2.21. The molecule has 3 aromatic heterocycles. The number of aromatic nitrogens is 5. The van der Waals surface area contributed by atoms with Crippen molar-refractivity contribution in [1.29, 1.82) is 0 Å². The zero-order valence-electron chi connectivity index (χ0n) is 31.4. The minimum absolute atomic E-state index is 0.0261. The van der Waals surface area contributed by atoms with Crippen LogP contribution in [0.5, 0.6) is 0 Å². The molecular weight excluding hydrogens is 699 g/mol. The van der Waals surface area contributed by atoms with E-state index < -0.39 is 0 Å².